The molecule has 6 nitrogen and oxygen atoms in total. The minimum atomic E-state index is 0.897. The van der Waals surface area contributed by atoms with E-state index >= 15 is 0 Å². The second-order valence-corrected chi connectivity index (χ2v) is 7.58. The number of nitrogens with zero attached hydrogens (tertiary/aromatic N) is 3. The Morgan fingerprint density at radius 3 is 2.75 bits per heavy atom. The molecule has 0 aliphatic rings. The van der Waals surface area contributed by atoms with Gasteiger partial charge in [0, 0.05) is 39.2 Å². The molecule has 0 saturated carbocycles. The van der Waals surface area contributed by atoms with Crippen LogP contribution < -0.4 is 0 Å². The van der Waals surface area contributed by atoms with E-state index in [9.17, 15) is 0 Å². The lowest BCUT2D eigenvalue weighted by molar-refractivity contribution is 1.09. The van der Waals surface area contributed by atoms with Gasteiger partial charge in [-0.2, -0.15) is 10.2 Å². The van der Waals surface area contributed by atoms with Crippen LogP contribution in [0.2, 0.25) is 0 Å². The maximum atomic E-state index is 4.58. The van der Waals surface area contributed by atoms with Gasteiger partial charge in [-0.25, -0.2) is 0 Å². The van der Waals surface area contributed by atoms with Crippen LogP contribution in [0.1, 0.15) is 0 Å². The van der Waals surface area contributed by atoms with Crippen molar-refractivity contribution < 1.29 is 0 Å². The molecule has 1 aromatic carbocycles. The third-order valence-electron chi connectivity index (χ3n) is 4.98. The van der Waals surface area contributed by atoms with Crippen LogP contribution in [0.3, 0.4) is 0 Å². The highest BCUT2D eigenvalue weighted by atomic mass is 32.1. The number of thiophene rings is 1. The molecule has 0 aliphatic heterocycles. The summed E-state index contributed by atoms with van der Waals surface area (Å²) >= 11 is 1.72. The molecule has 0 radical (unpaired) electrons. The molecule has 28 heavy (non-hydrogen) atoms. The smallest absolute Gasteiger partial charge is 0.116 e. The number of hydrogen-bond acceptors (Lipinski definition) is 4. The molecule has 7 heteroatoms. The zero-order chi connectivity index (χ0) is 18.5. The number of hydrogen-bond donors (Lipinski definition) is 3. The van der Waals surface area contributed by atoms with Crippen molar-refractivity contribution in [2.45, 2.75) is 0 Å². The number of pyridine rings is 1. The topological polar surface area (TPSA) is 86.0 Å². The van der Waals surface area contributed by atoms with E-state index in [2.05, 4.69) is 72.1 Å². The summed E-state index contributed by atoms with van der Waals surface area (Å²) < 4.78 is 0. The average Bonchev–Trinajstić information content (AvgIpc) is 3.53. The van der Waals surface area contributed by atoms with Gasteiger partial charge in [-0.1, -0.05) is 12.1 Å². The Morgan fingerprint density at radius 1 is 0.893 bits per heavy atom. The Kier molecular flexibility index (Phi) is 3.24. The molecule has 0 saturated heterocycles. The number of aromatic amines is 3. The molecule has 0 fully saturated rings. The van der Waals surface area contributed by atoms with Gasteiger partial charge in [0.05, 0.1) is 29.1 Å². The van der Waals surface area contributed by atoms with Gasteiger partial charge in [-0.3, -0.25) is 15.2 Å². The Morgan fingerprint density at radius 2 is 1.89 bits per heavy atom. The molecular formula is C21H14N6S. The summed E-state index contributed by atoms with van der Waals surface area (Å²) in [6, 6.07) is 12.6. The number of aromatic nitrogens is 6. The molecule has 134 valence electrons. The van der Waals surface area contributed by atoms with Gasteiger partial charge in [0.15, 0.2) is 0 Å². The first kappa shape index (κ1) is 15.4. The molecule has 0 aliphatic carbocycles. The van der Waals surface area contributed by atoms with Gasteiger partial charge in [0.1, 0.15) is 5.69 Å². The lowest BCUT2D eigenvalue weighted by Crippen LogP contribution is -1.79. The van der Waals surface area contributed by atoms with Crippen LogP contribution >= 0.6 is 11.3 Å². The van der Waals surface area contributed by atoms with Crippen molar-refractivity contribution in [3.63, 3.8) is 0 Å². The summed E-state index contributed by atoms with van der Waals surface area (Å²) in [6.07, 6.45) is 7.50. The molecule has 0 unspecified atom stereocenters. The van der Waals surface area contributed by atoms with Crippen molar-refractivity contribution in [3.8, 4) is 33.0 Å². The Balaban J connectivity index is 1.55. The van der Waals surface area contributed by atoms with Crippen LogP contribution in [0.5, 0.6) is 0 Å². The molecule has 5 heterocycles. The monoisotopic (exact) mass is 382 g/mol. The average molecular weight is 382 g/mol. The minimum absolute atomic E-state index is 0.897. The molecule has 3 N–H and O–H groups in total. The lowest BCUT2D eigenvalue weighted by atomic mass is 10.1. The molecule has 6 rings (SSSR count). The number of H-pyrrole nitrogens is 3. The van der Waals surface area contributed by atoms with Gasteiger partial charge in [0.2, 0.25) is 0 Å². The highest BCUT2D eigenvalue weighted by Crippen LogP contribution is 2.35. The maximum Gasteiger partial charge on any atom is 0.116 e. The van der Waals surface area contributed by atoms with Gasteiger partial charge in [-0.15, -0.1) is 11.3 Å². The second-order valence-electron chi connectivity index (χ2n) is 6.63. The zero-order valence-electron chi connectivity index (χ0n) is 14.6. The van der Waals surface area contributed by atoms with Crippen molar-refractivity contribution in [1.29, 1.82) is 0 Å². The van der Waals surface area contributed by atoms with Crippen molar-refractivity contribution in [2.75, 3.05) is 0 Å². The predicted molar refractivity (Wildman–Crippen MR) is 112 cm³/mol. The van der Waals surface area contributed by atoms with Crippen molar-refractivity contribution >= 4 is 33.1 Å². The Hall–Kier alpha value is -3.71. The minimum Gasteiger partial charge on any atom is -0.352 e. The third-order valence-corrected chi connectivity index (χ3v) is 5.88. The van der Waals surface area contributed by atoms with Crippen LogP contribution in [-0.2, 0) is 0 Å². The van der Waals surface area contributed by atoms with E-state index in [0.29, 0.717) is 0 Å². The third kappa shape index (κ3) is 2.30. The number of fused-ring (bicyclic) bond motifs is 2. The summed E-state index contributed by atoms with van der Waals surface area (Å²) in [5, 5.41) is 18.9. The predicted octanol–water partition coefficient (Wildman–Crippen LogP) is 5.22. The van der Waals surface area contributed by atoms with Crippen molar-refractivity contribution in [3.05, 3.63) is 66.6 Å². The first-order chi connectivity index (χ1) is 13.9. The van der Waals surface area contributed by atoms with E-state index in [1.54, 1.807) is 11.3 Å². The summed E-state index contributed by atoms with van der Waals surface area (Å²) in [4.78, 5) is 9.10. The molecule has 0 amide bonds. The van der Waals surface area contributed by atoms with E-state index in [1.807, 2.05) is 24.8 Å². The van der Waals surface area contributed by atoms with Crippen molar-refractivity contribution in [1.82, 2.24) is 30.4 Å². The lowest BCUT2D eigenvalue weighted by Gasteiger charge is -1.99. The molecule has 6 aromatic rings. The van der Waals surface area contributed by atoms with E-state index in [1.165, 1.54) is 4.88 Å². The van der Waals surface area contributed by atoms with E-state index in [0.717, 1.165) is 49.9 Å². The first-order valence-corrected chi connectivity index (χ1v) is 9.73. The first-order valence-electron chi connectivity index (χ1n) is 8.85. The number of rotatable bonds is 3. The second kappa shape index (κ2) is 5.90. The maximum absolute atomic E-state index is 4.58. The van der Waals surface area contributed by atoms with Gasteiger partial charge >= 0.3 is 0 Å². The summed E-state index contributed by atoms with van der Waals surface area (Å²) in [5.41, 5.74) is 7.15. The van der Waals surface area contributed by atoms with Gasteiger partial charge in [0.25, 0.3) is 0 Å². The molecule has 0 spiro atoms. The van der Waals surface area contributed by atoms with Gasteiger partial charge < -0.3 is 4.98 Å². The molecular weight excluding hydrogens is 368 g/mol. The molecule has 0 bridgehead atoms. The van der Waals surface area contributed by atoms with Gasteiger partial charge in [-0.05, 0) is 35.2 Å². The Bertz CT molecular complexity index is 1410. The standard InChI is InChI=1S/C21H14N6S/c1-2-20(28-5-1)16-10-22-11-19-14(16)7-18(25-19)21-15-6-12(13-8-23-24-9-13)3-4-17(15)26-27-21/h1-11,25H,(H,23,24)(H,26,27). The van der Waals surface area contributed by atoms with E-state index in [-0.39, 0.29) is 0 Å². The Labute approximate surface area is 163 Å². The normalized spacial score (nSPS) is 11.6. The largest absolute Gasteiger partial charge is 0.352 e. The van der Waals surface area contributed by atoms with Crippen LogP contribution in [0.15, 0.2) is 66.6 Å². The summed E-state index contributed by atoms with van der Waals surface area (Å²) in [5.74, 6) is 0. The zero-order valence-corrected chi connectivity index (χ0v) is 15.4. The fourth-order valence-corrected chi connectivity index (χ4v) is 4.37. The quantitative estimate of drug-likeness (QED) is 0.392. The SMILES string of the molecule is c1csc(-c2cncc3[nH]c(-c4n[nH]c5ccc(-c6cn[nH]c6)cc45)cc23)c1. The summed E-state index contributed by atoms with van der Waals surface area (Å²) in [7, 11) is 0. The molecule has 0 atom stereocenters. The number of benzene rings is 1. The highest BCUT2D eigenvalue weighted by Gasteiger charge is 2.15. The van der Waals surface area contributed by atoms with Crippen molar-refractivity contribution in [2.24, 2.45) is 0 Å². The highest BCUT2D eigenvalue weighted by molar-refractivity contribution is 7.13. The van der Waals surface area contributed by atoms with E-state index in [4.69, 9.17) is 0 Å². The molecule has 5 aromatic heterocycles. The summed E-state index contributed by atoms with van der Waals surface area (Å²) in [6.45, 7) is 0. The van der Waals surface area contributed by atoms with Crippen LogP contribution in [0.25, 0.3) is 54.8 Å². The van der Waals surface area contributed by atoms with Crippen LogP contribution in [0.4, 0.5) is 0 Å². The fraction of sp³-hybridized carbons (Fsp3) is 0. The fourth-order valence-electron chi connectivity index (χ4n) is 3.61. The van der Waals surface area contributed by atoms with Crippen LogP contribution in [-0.4, -0.2) is 30.4 Å². The van der Waals surface area contributed by atoms with E-state index < -0.39 is 0 Å². The number of nitrogens with one attached hydrogen (secondary N) is 3. The van der Waals surface area contributed by atoms with Crippen LogP contribution in [0, 0.1) is 0 Å².